The topological polar surface area (TPSA) is 52.6 Å². The quantitative estimate of drug-likeness (QED) is 0.349. The third-order valence-corrected chi connectivity index (χ3v) is 5.86. The summed E-state index contributed by atoms with van der Waals surface area (Å²) < 4.78 is 0. The van der Waals surface area contributed by atoms with Crippen LogP contribution in [0.2, 0.25) is 0 Å². The van der Waals surface area contributed by atoms with E-state index in [0.29, 0.717) is 18.0 Å². The Kier molecular flexibility index (Phi) is 9.99. The van der Waals surface area contributed by atoms with Gasteiger partial charge in [-0.05, 0) is 26.7 Å². The number of likely N-dealkylation sites (tertiary alicyclic amines) is 1. The van der Waals surface area contributed by atoms with Gasteiger partial charge in [-0.15, -0.1) is 35.3 Å². The molecular formula is C20H38IN5S. The Morgan fingerprint density at radius 1 is 1.37 bits per heavy atom. The lowest BCUT2D eigenvalue weighted by molar-refractivity contribution is 0.265. The third kappa shape index (κ3) is 7.49. The van der Waals surface area contributed by atoms with Gasteiger partial charge in [0.1, 0.15) is 0 Å². The van der Waals surface area contributed by atoms with E-state index in [0.717, 1.165) is 38.6 Å². The van der Waals surface area contributed by atoms with Crippen LogP contribution in [0.4, 0.5) is 0 Å². The lowest BCUT2D eigenvalue weighted by Crippen LogP contribution is -2.46. The highest BCUT2D eigenvalue weighted by Gasteiger charge is 2.31. The lowest BCUT2D eigenvalue weighted by atomic mass is 9.93. The average Bonchev–Trinajstić information content (AvgIpc) is 3.15. The van der Waals surface area contributed by atoms with Gasteiger partial charge in [0.15, 0.2) is 5.96 Å². The smallest absolute Gasteiger partial charge is 0.191 e. The van der Waals surface area contributed by atoms with E-state index >= 15 is 0 Å². The molecule has 0 bridgehead atoms. The fourth-order valence-corrected chi connectivity index (χ4v) is 4.16. The van der Waals surface area contributed by atoms with Crippen molar-refractivity contribution in [2.24, 2.45) is 10.9 Å². The maximum Gasteiger partial charge on any atom is 0.191 e. The highest BCUT2D eigenvalue weighted by Crippen LogP contribution is 2.24. The van der Waals surface area contributed by atoms with Crippen LogP contribution in [0.3, 0.4) is 0 Å². The summed E-state index contributed by atoms with van der Waals surface area (Å²) in [5, 5.41) is 10.4. The van der Waals surface area contributed by atoms with Crippen molar-refractivity contribution < 1.29 is 0 Å². The second-order valence-corrected chi connectivity index (χ2v) is 9.61. The van der Waals surface area contributed by atoms with Crippen LogP contribution < -0.4 is 10.6 Å². The average molecular weight is 508 g/mol. The SMILES string of the molecule is CCNC(=NCCc1nc(C(C)(C)C)cs1)NC1CN(C(C)C)CC1C.I. The first-order valence-corrected chi connectivity index (χ1v) is 10.8. The minimum absolute atomic E-state index is 0. The van der Waals surface area contributed by atoms with Crippen molar-refractivity contribution in [3.05, 3.63) is 16.1 Å². The van der Waals surface area contributed by atoms with Crippen molar-refractivity contribution in [3.8, 4) is 0 Å². The molecule has 1 aromatic heterocycles. The van der Waals surface area contributed by atoms with E-state index in [1.807, 2.05) is 0 Å². The third-order valence-electron chi connectivity index (χ3n) is 4.95. The van der Waals surface area contributed by atoms with E-state index < -0.39 is 0 Å². The van der Waals surface area contributed by atoms with Crippen LogP contribution in [0.5, 0.6) is 0 Å². The van der Waals surface area contributed by atoms with Gasteiger partial charge < -0.3 is 10.6 Å². The summed E-state index contributed by atoms with van der Waals surface area (Å²) in [4.78, 5) is 12.1. The van der Waals surface area contributed by atoms with Crippen molar-refractivity contribution in [1.29, 1.82) is 0 Å². The second kappa shape index (κ2) is 11.0. The van der Waals surface area contributed by atoms with Gasteiger partial charge in [-0.3, -0.25) is 9.89 Å². The van der Waals surface area contributed by atoms with Gasteiger partial charge in [0.05, 0.1) is 10.7 Å². The number of aliphatic imine (C=N–C) groups is 1. The zero-order valence-electron chi connectivity index (χ0n) is 18.0. The number of rotatable bonds is 6. The molecule has 1 fully saturated rings. The molecule has 0 amide bonds. The number of hydrogen-bond donors (Lipinski definition) is 2. The van der Waals surface area contributed by atoms with Gasteiger partial charge in [-0.1, -0.05) is 27.7 Å². The molecule has 1 aliphatic rings. The van der Waals surface area contributed by atoms with Crippen LogP contribution in [-0.2, 0) is 11.8 Å². The molecule has 7 heteroatoms. The molecule has 2 unspecified atom stereocenters. The Morgan fingerprint density at radius 3 is 2.59 bits per heavy atom. The van der Waals surface area contributed by atoms with Crippen LogP contribution in [-0.4, -0.2) is 54.1 Å². The minimum Gasteiger partial charge on any atom is -0.357 e. The zero-order valence-corrected chi connectivity index (χ0v) is 21.1. The van der Waals surface area contributed by atoms with Crippen LogP contribution in [0.15, 0.2) is 10.4 Å². The van der Waals surface area contributed by atoms with Gasteiger partial charge >= 0.3 is 0 Å². The van der Waals surface area contributed by atoms with Crippen molar-refractivity contribution in [1.82, 2.24) is 20.5 Å². The van der Waals surface area contributed by atoms with E-state index in [4.69, 9.17) is 9.98 Å². The lowest BCUT2D eigenvalue weighted by Gasteiger charge is -2.21. The van der Waals surface area contributed by atoms with E-state index in [-0.39, 0.29) is 29.4 Å². The summed E-state index contributed by atoms with van der Waals surface area (Å²) in [5.41, 5.74) is 1.30. The largest absolute Gasteiger partial charge is 0.357 e. The van der Waals surface area contributed by atoms with E-state index in [1.165, 1.54) is 10.7 Å². The predicted octanol–water partition coefficient (Wildman–Crippen LogP) is 3.88. The molecule has 5 nitrogen and oxygen atoms in total. The van der Waals surface area contributed by atoms with E-state index in [2.05, 4.69) is 69.4 Å². The number of halogens is 1. The Hall–Kier alpha value is -0.410. The zero-order chi connectivity index (χ0) is 19.3. The summed E-state index contributed by atoms with van der Waals surface area (Å²) in [7, 11) is 0. The number of hydrogen-bond acceptors (Lipinski definition) is 4. The van der Waals surface area contributed by atoms with Crippen LogP contribution in [0.25, 0.3) is 0 Å². The van der Waals surface area contributed by atoms with Crippen LogP contribution in [0.1, 0.15) is 59.2 Å². The molecule has 0 aliphatic carbocycles. The fourth-order valence-electron chi connectivity index (χ4n) is 3.14. The number of nitrogens with zero attached hydrogens (tertiary/aromatic N) is 3. The van der Waals surface area contributed by atoms with Gasteiger partial charge in [0, 0.05) is 55.5 Å². The minimum atomic E-state index is 0. The van der Waals surface area contributed by atoms with E-state index in [9.17, 15) is 0 Å². The van der Waals surface area contributed by atoms with Gasteiger partial charge in [0.2, 0.25) is 0 Å². The van der Waals surface area contributed by atoms with Crippen LogP contribution in [0, 0.1) is 5.92 Å². The first-order valence-electron chi connectivity index (χ1n) is 9.94. The molecule has 0 saturated carbocycles. The van der Waals surface area contributed by atoms with E-state index in [1.54, 1.807) is 11.3 Å². The Bertz CT molecular complexity index is 593. The van der Waals surface area contributed by atoms with Crippen molar-refractivity contribution in [2.75, 3.05) is 26.2 Å². The number of thiazole rings is 1. The Morgan fingerprint density at radius 2 is 2.07 bits per heavy atom. The molecule has 27 heavy (non-hydrogen) atoms. The van der Waals surface area contributed by atoms with Crippen molar-refractivity contribution in [2.45, 2.75) is 72.4 Å². The summed E-state index contributed by atoms with van der Waals surface area (Å²) in [5.74, 6) is 1.57. The summed E-state index contributed by atoms with van der Waals surface area (Å²) in [6, 6.07) is 1.06. The molecule has 2 N–H and O–H groups in total. The van der Waals surface area contributed by atoms with Crippen molar-refractivity contribution in [3.63, 3.8) is 0 Å². The summed E-state index contributed by atoms with van der Waals surface area (Å²) >= 11 is 1.75. The molecular weight excluding hydrogens is 469 g/mol. The summed E-state index contributed by atoms with van der Waals surface area (Å²) in [6.45, 7) is 19.5. The highest BCUT2D eigenvalue weighted by atomic mass is 127. The molecule has 1 saturated heterocycles. The molecule has 2 atom stereocenters. The molecule has 2 rings (SSSR count). The first-order chi connectivity index (χ1) is 12.2. The Balaban J connectivity index is 0.00000364. The normalized spacial score (nSPS) is 21.4. The first kappa shape index (κ1) is 24.6. The molecule has 1 aromatic rings. The molecule has 1 aliphatic heterocycles. The molecule has 0 spiro atoms. The van der Waals surface area contributed by atoms with Crippen LogP contribution >= 0.6 is 35.3 Å². The number of nitrogens with one attached hydrogen (secondary N) is 2. The van der Waals surface area contributed by atoms with Gasteiger partial charge in [0.25, 0.3) is 0 Å². The molecule has 2 heterocycles. The highest BCUT2D eigenvalue weighted by molar-refractivity contribution is 14.0. The number of guanidine groups is 1. The van der Waals surface area contributed by atoms with Gasteiger partial charge in [-0.2, -0.15) is 0 Å². The maximum absolute atomic E-state index is 4.79. The molecule has 0 aromatic carbocycles. The maximum atomic E-state index is 4.79. The van der Waals surface area contributed by atoms with Gasteiger partial charge in [-0.25, -0.2) is 4.98 Å². The van der Waals surface area contributed by atoms with Crippen molar-refractivity contribution >= 4 is 41.3 Å². The monoisotopic (exact) mass is 507 g/mol. The molecule has 0 radical (unpaired) electrons. The Labute approximate surface area is 186 Å². The fraction of sp³-hybridized carbons (Fsp3) is 0.800. The standard InChI is InChI=1S/C20H37N5S.HI/c1-8-21-19(23-16-12-25(14(2)3)11-15(16)4)22-10-9-18-24-17(13-26-18)20(5,6)7;/h13-16H,8-12H2,1-7H3,(H2,21,22,23);1H. The number of aromatic nitrogens is 1. The predicted molar refractivity (Wildman–Crippen MR) is 129 cm³/mol. The molecule has 156 valence electrons. The second-order valence-electron chi connectivity index (χ2n) is 8.66. The summed E-state index contributed by atoms with van der Waals surface area (Å²) in [6.07, 6.45) is 0.898.